The predicted octanol–water partition coefficient (Wildman–Crippen LogP) is 1.90. The van der Waals surface area contributed by atoms with Gasteiger partial charge < -0.3 is 19.7 Å². The molecule has 0 aromatic heterocycles. The quantitative estimate of drug-likeness (QED) is 0.661. The second-order valence-electron chi connectivity index (χ2n) is 5.67. The van der Waals surface area contributed by atoms with Crippen LogP contribution >= 0.6 is 11.8 Å². The van der Waals surface area contributed by atoms with Crippen molar-refractivity contribution in [2.45, 2.75) is 12.8 Å². The number of anilines is 1. The number of ether oxygens (including phenoxy) is 2. The number of unbranched alkanes of at least 4 members (excludes halogenated alkanes) is 1. The molecule has 2 amide bonds. The normalized spacial score (nSPS) is 13.7. The maximum absolute atomic E-state index is 12.0. The predicted molar refractivity (Wildman–Crippen MR) is 100 cm³/mol. The molecule has 1 aromatic rings. The van der Waals surface area contributed by atoms with E-state index in [1.54, 1.807) is 29.2 Å². The molecule has 1 N–H and O–H groups in total. The van der Waals surface area contributed by atoms with Crippen molar-refractivity contribution in [3.63, 3.8) is 0 Å². The van der Waals surface area contributed by atoms with Gasteiger partial charge in [0.2, 0.25) is 11.8 Å². The number of benzene rings is 1. The molecule has 0 atom stereocenters. The van der Waals surface area contributed by atoms with Crippen LogP contribution in [-0.4, -0.2) is 61.1 Å². The van der Waals surface area contributed by atoms with E-state index in [1.807, 2.05) is 0 Å². The summed E-state index contributed by atoms with van der Waals surface area (Å²) in [6.45, 7) is 2.85. The molecular weight excluding hydrogens is 354 g/mol. The Hall–Kier alpha value is -2.24. The number of hydrogen-bond donors (Lipinski definition) is 1. The van der Waals surface area contributed by atoms with Crippen LogP contribution in [0.3, 0.4) is 0 Å². The van der Waals surface area contributed by atoms with E-state index in [0.717, 1.165) is 0 Å². The van der Waals surface area contributed by atoms with Crippen molar-refractivity contribution in [2.24, 2.45) is 0 Å². The Morgan fingerprint density at radius 2 is 2.12 bits per heavy atom. The van der Waals surface area contributed by atoms with E-state index >= 15 is 0 Å². The third-order valence-electron chi connectivity index (χ3n) is 3.64. The highest BCUT2D eigenvalue weighted by molar-refractivity contribution is 8.00. The number of amides is 2. The molecule has 1 aliphatic rings. The Labute approximate surface area is 157 Å². The van der Waals surface area contributed by atoms with Gasteiger partial charge in [0, 0.05) is 31.3 Å². The summed E-state index contributed by atoms with van der Waals surface area (Å²) in [6.07, 6.45) is 1.12. The zero-order valence-electron chi connectivity index (χ0n) is 14.6. The smallest absolute Gasteiger partial charge is 0.234 e. The molecule has 0 saturated carbocycles. The summed E-state index contributed by atoms with van der Waals surface area (Å²) in [5, 5.41) is 11.3. The average molecular weight is 377 g/mol. The highest BCUT2D eigenvalue weighted by Crippen LogP contribution is 2.18. The van der Waals surface area contributed by atoms with Gasteiger partial charge in [0.25, 0.3) is 0 Å². The molecular formula is C18H23N3O4S. The van der Waals surface area contributed by atoms with E-state index in [4.69, 9.17) is 14.7 Å². The molecule has 0 spiro atoms. The minimum absolute atomic E-state index is 0.0406. The van der Waals surface area contributed by atoms with Gasteiger partial charge in [-0.2, -0.15) is 5.26 Å². The number of hydrogen-bond acceptors (Lipinski definition) is 6. The molecule has 0 unspecified atom stereocenters. The average Bonchev–Trinajstić information content (AvgIpc) is 2.66. The van der Waals surface area contributed by atoms with Gasteiger partial charge in [0.1, 0.15) is 5.75 Å². The third-order valence-corrected chi connectivity index (χ3v) is 4.56. The Morgan fingerprint density at radius 1 is 1.31 bits per heavy atom. The number of morpholine rings is 1. The highest BCUT2D eigenvalue weighted by atomic mass is 32.2. The fourth-order valence-electron chi connectivity index (χ4n) is 2.34. The monoisotopic (exact) mass is 377 g/mol. The van der Waals surface area contributed by atoms with Crippen molar-refractivity contribution < 1.29 is 19.1 Å². The van der Waals surface area contributed by atoms with Crippen molar-refractivity contribution in [3.05, 3.63) is 24.3 Å². The molecule has 7 nitrogen and oxygen atoms in total. The van der Waals surface area contributed by atoms with Gasteiger partial charge in [-0.3, -0.25) is 9.59 Å². The number of thioether (sulfide) groups is 1. The molecule has 1 fully saturated rings. The number of nitrogens with zero attached hydrogens (tertiary/aromatic N) is 2. The van der Waals surface area contributed by atoms with Gasteiger partial charge in [0.05, 0.1) is 37.4 Å². The first-order valence-electron chi connectivity index (χ1n) is 8.52. The number of nitriles is 1. The summed E-state index contributed by atoms with van der Waals surface area (Å²) in [7, 11) is 0. The van der Waals surface area contributed by atoms with Crippen molar-refractivity contribution >= 4 is 29.3 Å². The summed E-state index contributed by atoms with van der Waals surface area (Å²) in [5.74, 6) is 1.03. The molecule has 2 rings (SSSR count). The lowest BCUT2D eigenvalue weighted by atomic mass is 10.3. The number of carbonyl (C=O) groups excluding carboxylic acids is 2. The fourth-order valence-corrected chi connectivity index (χ4v) is 3.05. The molecule has 0 aliphatic carbocycles. The largest absolute Gasteiger partial charge is 0.493 e. The van der Waals surface area contributed by atoms with Crippen molar-refractivity contribution in [2.75, 3.05) is 49.7 Å². The van der Waals surface area contributed by atoms with Crippen LogP contribution in [0.15, 0.2) is 24.3 Å². The Morgan fingerprint density at radius 3 is 2.88 bits per heavy atom. The molecule has 26 heavy (non-hydrogen) atoms. The molecule has 1 saturated heterocycles. The summed E-state index contributed by atoms with van der Waals surface area (Å²) in [5.41, 5.74) is 0.646. The van der Waals surface area contributed by atoms with Gasteiger partial charge in [0.15, 0.2) is 0 Å². The lowest BCUT2D eigenvalue weighted by molar-refractivity contribution is -0.132. The minimum Gasteiger partial charge on any atom is -0.493 e. The highest BCUT2D eigenvalue weighted by Gasteiger charge is 2.17. The standard InChI is InChI=1S/C18H23N3O4S/c19-6-1-2-9-25-16-5-3-4-15(12-16)20-17(22)13-26-14-18(23)21-7-10-24-11-8-21/h3-5,12H,1-2,7-11,13-14H2,(H,20,22). The first kappa shape index (κ1) is 20.1. The van der Waals surface area contributed by atoms with Gasteiger partial charge in [-0.25, -0.2) is 0 Å². The van der Waals surface area contributed by atoms with Gasteiger partial charge in [-0.1, -0.05) is 6.07 Å². The van der Waals surface area contributed by atoms with Crippen LogP contribution < -0.4 is 10.1 Å². The van der Waals surface area contributed by atoms with Crippen LogP contribution in [0.2, 0.25) is 0 Å². The number of nitrogens with one attached hydrogen (secondary N) is 1. The topological polar surface area (TPSA) is 91.7 Å². The Bertz CT molecular complexity index is 642. The van der Waals surface area contributed by atoms with Gasteiger partial charge >= 0.3 is 0 Å². The first-order chi connectivity index (χ1) is 12.7. The minimum atomic E-state index is -0.161. The van der Waals surface area contributed by atoms with Crippen molar-refractivity contribution in [1.82, 2.24) is 4.90 Å². The lowest BCUT2D eigenvalue weighted by Crippen LogP contribution is -2.41. The maximum Gasteiger partial charge on any atom is 0.234 e. The fraction of sp³-hybridized carbons (Fsp3) is 0.500. The van der Waals surface area contributed by atoms with Crippen LogP contribution in [0.25, 0.3) is 0 Å². The molecule has 0 bridgehead atoms. The maximum atomic E-state index is 12.0. The summed E-state index contributed by atoms with van der Waals surface area (Å²) in [4.78, 5) is 25.8. The molecule has 1 heterocycles. The van der Waals surface area contributed by atoms with E-state index in [1.165, 1.54) is 11.8 Å². The van der Waals surface area contributed by atoms with Crippen molar-refractivity contribution in [1.29, 1.82) is 5.26 Å². The summed E-state index contributed by atoms with van der Waals surface area (Å²) in [6, 6.07) is 9.19. The zero-order chi connectivity index (χ0) is 18.6. The second-order valence-corrected chi connectivity index (χ2v) is 6.66. The van der Waals surface area contributed by atoms with E-state index in [9.17, 15) is 9.59 Å². The van der Waals surface area contributed by atoms with Gasteiger partial charge in [-0.05, 0) is 18.6 Å². The van der Waals surface area contributed by atoms with Crippen LogP contribution in [-0.2, 0) is 14.3 Å². The molecule has 1 aliphatic heterocycles. The van der Waals surface area contributed by atoms with Gasteiger partial charge in [-0.15, -0.1) is 11.8 Å². The zero-order valence-corrected chi connectivity index (χ0v) is 15.4. The number of rotatable bonds is 9. The van der Waals surface area contributed by atoms with Crippen LogP contribution in [0.1, 0.15) is 12.8 Å². The second kappa shape index (κ2) is 11.4. The molecule has 1 aromatic carbocycles. The van der Waals surface area contributed by atoms with Crippen molar-refractivity contribution in [3.8, 4) is 11.8 Å². The summed E-state index contributed by atoms with van der Waals surface area (Å²) >= 11 is 1.30. The van der Waals surface area contributed by atoms with Crippen LogP contribution in [0.4, 0.5) is 5.69 Å². The Balaban J connectivity index is 1.68. The lowest BCUT2D eigenvalue weighted by Gasteiger charge is -2.26. The summed E-state index contributed by atoms with van der Waals surface area (Å²) < 4.78 is 10.8. The van der Waals surface area contributed by atoms with Crippen LogP contribution in [0.5, 0.6) is 5.75 Å². The molecule has 140 valence electrons. The molecule has 0 radical (unpaired) electrons. The Kier molecular flexibility index (Phi) is 8.79. The first-order valence-corrected chi connectivity index (χ1v) is 9.67. The van der Waals surface area contributed by atoms with E-state index in [0.29, 0.717) is 57.2 Å². The SMILES string of the molecule is N#CCCCOc1cccc(NC(=O)CSCC(=O)N2CCOCC2)c1. The number of carbonyl (C=O) groups is 2. The van der Waals surface area contributed by atoms with E-state index in [-0.39, 0.29) is 23.3 Å². The van der Waals surface area contributed by atoms with E-state index in [2.05, 4.69) is 11.4 Å². The molecule has 8 heteroatoms. The van der Waals surface area contributed by atoms with E-state index < -0.39 is 0 Å². The third kappa shape index (κ3) is 7.33. The van der Waals surface area contributed by atoms with Crippen LogP contribution in [0, 0.1) is 11.3 Å².